The van der Waals surface area contributed by atoms with Crippen LogP contribution < -0.4 is 5.73 Å². The second-order valence-corrected chi connectivity index (χ2v) is 3.72. The Kier molecular flexibility index (Phi) is 2.25. The molecule has 0 radical (unpaired) electrons. The summed E-state index contributed by atoms with van der Waals surface area (Å²) in [7, 11) is 0. The zero-order valence-corrected chi connectivity index (χ0v) is 8.57. The van der Waals surface area contributed by atoms with Crippen LogP contribution in [0.5, 0.6) is 0 Å². The summed E-state index contributed by atoms with van der Waals surface area (Å²) in [6.45, 7) is 4.81. The minimum Gasteiger partial charge on any atom is -0.330 e. The molecule has 0 saturated heterocycles. The first-order valence-electron chi connectivity index (χ1n) is 4.87. The number of pyridine rings is 1. The summed E-state index contributed by atoms with van der Waals surface area (Å²) in [5.41, 5.74) is 9.16. The Balaban J connectivity index is 2.64. The number of rotatable bonds is 2. The SMILES string of the molecule is Cc1cc2c(C(C)CN)cccn2n1. The van der Waals surface area contributed by atoms with Gasteiger partial charge in [0.25, 0.3) is 0 Å². The summed E-state index contributed by atoms with van der Waals surface area (Å²) >= 11 is 0. The normalized spacial score (nSPS) is 13.4. The topological polar surface area (TPSA) is 43.3 Å². The molecule has 0 aromatic carbocycles. The molecular weight excluding hydrogens is 174 g/mol. The van der Waals surface area contributed by atoms with Crippen LogP contribution >= 0.6 is 0 Å². The standard InChI is InChI=1S/C11H15N3/c1-8(7-12)10-4-3-5-14-11(10)6-9(2)13-14/h3-6,8H,7,12H2,1-2H3. The molecule has 2 aromatic rings. The maximum absolute atomic E-state index is 5.67. The molecule has 2 aromatic heterocycles. The van der Waals surface area contributed by atoms with E-state index >= 15 is 0 Å². The van der Waals surface area contributed by atoms with Crippen LogP contribution in [0.4, 0.5) is 0 Å². The molecule has 0 aliphatic heterocycles. The predicted octanol–water partition coefficient (Wildman–Crippen LogP) is 1.70. The Bertz CT molecular complexity index is 445. The maximum Gasteiger partial charge on any atom is 0.0699 e. The molecule has 3 nitrogen and oxygen atoms in total. The predicted molar refractivity (Wildman–Crippen MR) is 57.4 cm³/mol. The number of hydrogen-bond donors (Lipinski definition) is 1. The fourth-order valence-electron chi connectivity index (χ4n) is 1.70. The highest BCUT2D eigenvalue weighted by atomic mass is 15.2. The van der Waals surface area contributed by atoms with Crippen LogP contribution in [0.2, 0.25) is 0 Å². The summed E-state index contributed by atoms with van der Waals surface area (Å²) in [5.74, 6) is 0.384. The molecule has 0 bridgehead atoms. The molecule has 0 aliphatic carbocycles. The second-order valence-electron chi connectivity index (χ2n) is 3.72. The zero-order valence-electron chi connectivity index (χ0n) is 8.57. The summed E-state index contributed by atoms with van der Waals surface area (Å²) < 4.78 is 1.91. The highest BCUT2D eigenvalue weighted by Gasteiger charge is 2.08. The van der Waals surface area contributed by atoms with Crippen molar-refractivity contribution in [3.05, 3.63) is 35.7 Å². The zero-order chi connectivity index (χ0) is 10.1. The Morgan fingerprint density at radius 1 is 1.57 bits per heavy atom. The number of aryl methyl sites for hydroxylation is 1. The fourth-order valence-corrected chi connectivity index (χ4v) is 1.70. The van der Waals surface area contributed by atoms with E-state index in [2.05, 4.69) is 24.2 Å². The van der Waals surface area contributed by atoms with Crippen molar-refractivity contribution in [2.75, 3.05) is 6.54 Å². The van der Waals surface area contributed by atoms with E-state index in [1.807, 2.05) is 23.7 Å². The quantitative estimate of drug-likeness (QED) is 0.781. The molecule has 0 spiro atoms. The van der Waals surface area contributed by atoms with E-state index in [-0.39, 0.29) is 0 Å². The van der Waals surface area contributed by atoms with Crippen LogP contribution in [0.15, 0.2) is 24.4 Å². The minimum absolute atomic E-state index is 0.384. The van der Waals surface area contributed by atoms with Gasteiger partial charge in [-0.05, 0) is 37.1 Å². The summed E-state index contributed by atoms with van der Waals surface area (Å²) in [4.78, 5) is 0. The van der Waals surface area contributed by atoms with Crippen LogP contribution in [-0.4, -0.2) is 16.2 Å². The van der Waals surface area contributed by atoms with Crippen molar-refractivity contribution in [3.8, 4) is 0 Å². The lowest BCUT2D eigenvalue weighted by Gasteiger charge is -2.09. The van der Waals surface area contributed by atoms with Gasteiger partial charge in [0.05, 0.1) is 11.2 Å². The van der Waals surface area contributed by atoms with Gasteiger partial charge in [-0.2, -0.15) is 5.10 Å². The van der Waals surface area contributed by atoms with Crippen molar-refractivity contribution in [2.24, 2.45) is 5.73 Å². The lowest BCUT2D eigenvalue weighted by molar-refractivity contribution is 0.771. The van der Waals surface area contributed by atoms with E-state index in [4.69, 9.17) is 5.73 Å². The van der Waals surface area contributed by atoms with Crippen LogP contribution in [0.25, 0.3) is 5.52 Å². The second kappa shape index (κ2) is 3.42. The largest absolute Gasteiger partial charge is 0.330 e. The maximum atomic E-state index is 5.67. The molecule has 3 heteroatoms. The van der Waals surface area contributed by atoms with E-state index in [0.29, 0.717) is 12.5 Å². The molecule has 14 heavy (non-hydrogen) atoms. The molecule has 0 amide bonds. The van der Waals surface area contributed by atoms with Gasteiger partial charge in [-0.3, -0.25) is 0 Å². The van der Waals surface area contributed by atoms with Gasteiger partial charge in [-0.25, -0.2) is 4.52 Å². The molecule has 1 atom stereocenters. The van der Waals surface area contributed by atoms with Gasteiger partial charge in [-0.1, -0.05) is 13.0 Å². The third-order valence-corrected chi connectivity index (χ3v) is 2.54. The monoisotopic (exact) mass is 189 g/mol. The number of hydrogen-bond acceptors (Lipinski definition) is 2. The van der Waals surface area contributed by atoms with Gasteiger partial charge in [0.15, 0.2) is 0 Å². The van der Waals surface area contributed by atoms with Gasteiger partial charge in [0, 0.05) is 6.20 Å². The van der Waals surface area contributed by atoms with Crippen LogP contribution in [0.3, 0.4) is 0 Å². The molecule has 2 N–H and O–H groups in total. The van der Waals surface area contributed by atoms with Gasteiger partial charge in [0.1, 0.15) is 0 Å². The van der Waals surface area contributed by atoms with Gasteiger partial charge < -0.3 is 5.73 Å². The molecule has 0 aliphatic rings. The van der Waals surface area contributed by atoms with E-state index in [1.54, 1.807) is 0 Å². The Labute approximate surface area is 83.5 Å². The van der Waals surface area contributed by atoms with Crippen molar-refractivity contribution >= 4 is 5.52 Å². The third-order valence-electron chi connectivity index (χ3n) is 2.54. The van der Waals surface area contributed by atoms with Crippen LogP contribution in [-0.2, 0) is 0 Å². The van der Waals surface area contributed by atoms with E-state index in [1.165, 1.54) is 11.1 Å². The van der Waals surface area contributed by atoms with Crippen molar-refractivity contribution in [2.45, 2.75) is 19.8 Å². The van der Waals surface area contributed by atoms with Gasteiger partial charge in [-0.15, -0.1) is 0 Å². The summed E-state index contributed by atoms with van der Waals surface area (Å²) in [6, 6.07) is 6.23. The summed E-state index contributed by atoms with van der Waals surface area (Å²) in [6.07, 6.45) is 1.97. The first kappa shape index (κ1) is 9.21. The van der Waals surface area contributed by atoms with Crippen molar-refractivity contribution in [1.82, 2.24) is 9.61 Å². The minimum atomic E-state index is 0.384. The van der Waals surface area contributed by atoms with E-state index in [9.17, 15) is 0 Å². The smallest absolute Gasteiger partial charge is 0.0699 e. The molecule has 0 saturated carbocycles. The molecule has 1 unspecified atom stereocenters. The average Bonchev–Trinajstić information content (AvgIpc) is 2.56. The van der Waals surface area contributed by atoms with Crippen molar-refractivity contribution < 1.29 is 0 Å². The first-order valence-corrected chi connectivity index (χ1v) is 4.87. The average molecular weight is 189 g/mol. The summed E-state index contributed by atoms with van der Waals surface area (Å²) in [5, 5.41) is 4.37. The lowest BCUT2D eigenvalue weighted by atomic mass is 10.0. The van der Waals surface area contributed by atoms with Gasteiger partial charge >= 0.3 is 0 Å². The first-order chi connectivity index (χ1) is 6.72. The highest BCUT2D eigenvalue weighted by Crippen LogP contribution is 2.20. The van der Waals surface area contributed by atoms with E-state index in [0.717, 1.165) is 5.69 Å². The Hall–Kier alpha value is -1.35. The Morgan fingerprint density at radius 2 is 2.36 bits per heavy atom. The molecule has 2 rings (SSSR count). The van der Waals surface area contributed by atoms with E-state index < -0.39 is 0 Å². The number of fused-ring (bicyclic) bond motifs is 1. The van der Waals surface area contributed by atoms with Gasteiger partial charge in [0.2, 0.25) is 0 Å². The number of aromatic nitrogens is 2. The highest BCUT2D eigenvalue weighted by molar-refractivity contribution is 5.56. The molecule has 74 valence electrons. The Morgan fingerprint density at radius 3 is 3.07 bits per heavy atom. The van der Waals surface area contributed by atoms with Crippen LogP contribution in [0, 0.1) is 6.92 Å². The molecular formula is C11H15N3. The molecule has 0 fully saturated rings. The lowest BCUT2D eigenvalue weighted by Crippen LogP contribution is -2.09. The number of nitrogens with zero attached hydrogens (tertiary/aromatic N) is 2. The van der Waals surface area contributed by atoms with Crippen molar-refractivity contribution in [1.29, 1.82) is 0 Å². The number of nitrogens with two attached hydrogens (primary N) is 1. The van der Waals surface area contributed by atoms with Crippen LogP contribution in [0.1, 0.15) is 24.1 Å². The molecule has 2 heterocycles. The third kappa shape index (κ3) is 1.40. The fraction of sp³-hybridized carbons (Fsp3) is 0.364. The van der Waals surface area contributed by atoms with Crippen molar-refractivity contribution in [3.63, 3.8) is 0 Å².